The molecule has 1 saturated carbocycles. The molecule has 0 aromatic heterocycles. The zero-order valence-corrected chi connectivity index (χ0v) is 17.6. The molecular weight excluding hydrogens is 356 g/mol. The van der Waals surface area contributed by atoms with E-state index >= 15 is 0 Å². The Kier molecular flexibility index (Phi) is 7.31. The fraction of sp³-hybridized carbons (Fsp3) is 0.462. The molecule has 0 amide bonds. The zero-order valence-electron chi connectivity index (χ0n) is 17.6. The third-order valence-corrected chi connectivity index (χ3v) is 6.19. The Balaban J connectivity index is 1.86. The minimum atomic E-state index is 0.393. The van der Waals surface area contributed by atoms with Gasteiger partial charge in [0.15, 0.2) is 0 Å². The Hall–Kier alpha value is -2.78. The van der Waals surface area contributed by atoms with Crippen molar-refractivity contribution in [3.8, 4) is 29.0 Å². The molecule has 1 aliphatic rings. The molecule has 1 fully saturated rings. The van der Waals surface area contributed by atoms with Crippen LogP contribution in [-0.2, 0) is 0 Å². The second kappa shape index (κ2) is 10.1. The third kappa shape index (κ3) is 4.80. The topological polar surface area (TPSA) is 56.8 Å². The van der Waals surface area contributed by atoms with E-state index in [2.05, 4.69) is 25.1 Å². The normalized spacial score (nSPS) is 18.6. The average molecular weight is 387 g/mol. The van der Waals surface area contributed by atoms with Crippen molar-refractivity contribution in [1.82, 2.24) is 0 Å². The van der Waals surface area contributed by atoms with E-state index in [0.717, 1.165) is 41.2 Å². The summed E-state index contributed by atoms with van der Waals surface area (Å²) in [7, 11) is 0. The van der Waals surface area contributed by atoms with Crippen molar-refractivity contribution in [3.63, 3.8) is 0 Å². The lowest BCUT2D eigenvalue weighted by atomic mass is 9.75. The van der Waals surface area contributed by atoms with E-state index in [4.69, 9.17) is 4.74 Å². The zero-order chi connectivity index (χ0) is 20.6. The number of ether oxygens (including phenoxy) is 1. The van der Waals surface area contributed by atoms with E-state index in [1.807, 2.05) is 37.3 Å². The van der Waals surface area contributed by atoms with Crippen LogP contribution in [0.25, 0.3) is 11.1 Å². The van der Waals surface area contributed by atoms with Gasteiger partial charge in [0.1, 0.15) is 17.9 Å². The van der Waals surface area contributed by atoms with Gasteiger partial charge in [0.05, 0.1) is 17.7 Å². The van der Waals surface area contributed by atoms with Gasteiger partial charge in [0.25, 0.3) is 0 Å². The number of unbranched alkanes of at least 4 members (excludes halogenated alkanes) is 1. The van der Waals surface area contributed by atoms with Crippen molar-refractivity contribution in [1.29, 1.82) is 10.5 Å². The van der Waals surface area contributed by atoms with E-state index < -0.39 is 0 Å². The standard InChI is InChI=1S/C26H30N2O/c1-3-5-6-19-7-9-20(10-8-19)23-15-16-24(26(18-28)25(23)17-27)21-11-13-22(14-12-21)29-4-2/h11-16,19-20H,3-10H2,1-2H3. The lowest BCUT2D eigenvalue weighted by molar-refractivity contribution is 0.304. The molecule has 2 aromatic rings. The fourth-order valence-corrected chi connectivity index (χ4v) is 4.59. The molecule has 29 heavy (non-hydrogen) atoms. The molecule has 3 heteroatoms. The molecule has 3 rings (SSSR count). The smallest absolute Gasteiger partial charge is 0.119 e. The third-order valence-electron chi connectivity index (χ3n) is 6.19. The summed E-state index contributed by atoms with van der Waals surface area (Å²) in [5, 5.41) is 19.8. The number of rotatable bonds is 7. The monoisotopic (exact) mass is 386 g/mol. The first kappa shape index (κ1) is 20.9. The summed E-state index contributed by atoms with van der Waals surface area (Å²) >= 11 is 0. The number of nitrogens with zero attached hydrogens (tertiary/aromatic N) is 2. The van der Waals surface area contributed by atoms with Crippen LogP contribution in [0.2, 0.25) is 0 Å². The molecule has 0 N–H and O–H groups in total. The number of benzene rings is 2. The maximum Gasteiger partial charge on any atom is 0.119 e. The van der Waals surface area contributed by atoms with Gasteiger partial charge in [0.2, 0.25) is 0 Å². The van der Waals surface area contributed by atoms with Crippen LogP contribution in [0.5, 0.6) is 5.75 Å². The molecule has 0 heterocycles. The van der Waals surface area contributed by atoms with Crippen LogP contribution in [0, 0.1) is 28.6 Å². The summed E-state index contributed by atoms with van der Waals surface area (Å²) in [5.41, 5.74) is 3.90. The summed E-state index contributed by atoms with van der Waals surface area (Å²) < 4.78 is 5.51. The number of nitriles is 2. The van der Waals surface area contributed by atoms with E-state index in [1.165, 1.54) is 32.1 Å². The molecule has 0 saturated heterocycles. The van der Waals surface area contributed by atoms with E-state index in [1.54, 1.807) is 0 Å². The largest absolute Gasteiger partial charge is 0.494 e. The molecule has 0 spiro atoms. The van der Waals surface area contributed by atoms with Crippen molar-refractivity contribution in [2.75, 3.05) is 6.61 Å². The summed E-state index contributed by atoms with van der Waals surface area (Å²) in [5.74, 6) is 2.03. The molecule has 2 aromatic carbocycles. The molecule has 0 unspecified atom stereocenters. The predicted octanol–water partition coefficient (Wildman–Crippen LogP) is 6.96. The minimum Gasteiger partial charge on any atom is -0.494 e. The number of hydrogen-bond acceptors (Lipinski definition) is 3. The highest BCUT2D eigenvalue weighted by atomic mass is 16.5. The van der Waals surface area contributed by atoms with Gasteiger partial charge >= 0.3 is 0 Å². The van der Waals surface area contributed by atoms with Crippen molar-refractivity contribution < 1.29 is 4.74 Å². The molecule has 0 bridgehead atoms. The first-order chi connectivity index (χ1) is 14.2. The Bertz CT molecular complexity index is 894. The second-order valence-electron chi connectivity index (χ2n) is 7.99. The van der Waals surface area contributed by atoms with Crippen LogP contribution < -0.4 is 4.74 Å². The maximum atomic E-state index is 9.89. The Morgan fingerprint density at radius 1 is 0.897 bits per heavy atom. The van der Waals surface area contributed by atoms with Crippen LogP contribution in [0.4, 0.5) is 0 Å². The minimum absolute atomic E-state index is 0.393. The van der Waals surface area contributed by atoms with Crippen molar-refractivity contribution in [3.05, 3.63) is 53.1 Å². The molecule has 0 atom stereocenters. The summed E-state index contributed by atoms with van der Waals surface area (Å²) in [6.07, 6.45) is 8.61. The van der Waals surface area contributed by atoms with Gasteiger partial charge in [-0.2, -0.15) is 10.5 Å². The first-order valence-corrected chi connectivity index (χ1v) is 10.9. The molecule has 0 radical (unpaired) electrons. The highest BCUT2D eigenvalue weighted by Gasteiger charge is 2.26. The van der Waals surface area contributed by atoms with Gasteiger partial charge in [0, 0.05) is 5.56 Å². The fourth-order valence-electron chi connectivity index (χ4n) is 4.59. The van der Waals surface area contributed by atoms with Crippen LogP contribution >= 0.6 is 0 Å². The van der Waals surface area contributed by atoms with E-state index in [-0.39, 0.29) is 0 Å². The van der Waals surface area contributed by atoms with Crippen molar-refractivity contribution >= 4 is 0 Å². The van der Waals surface area contributed by atoms with Gasteiger partial charge in [-0.3, -0.25) is 0 Å². The molecule has 0 aliphatic heterocycles. The summed E-state index contributed by atoms with van der Waals surface area (Å²) in [6.45, 7) is 4.83. The van der Waals surface area contributed by atoms with Crippen molar-refractivity contribution in [2.24, 2.45) is 5.92 Å². The Morgan fingerprint density at radius 3 is 2.17 bits per heavy atom. The molecule has 3 nitrogen and oxygen atoms in total. The predicted molar refractivity (Wildman–Crippen MR) is 117 cm³/mol. The second-order valence-corrected chi connectivity index (χ2v) is 7.99. The molecule has 150 valence electrons. The highest BCUT2D eigenvalue weighted by molar-refractivity contribution is 5.75. The van der Waals surface area contributed by atoms with E-state index in [0.29, 0.717) is 23.7 Å². The van der Waals surface area contributed by atoms with Gasteiger partial charge in [-0.05, 0) is 67.7 Å². The highest BCUT2D eigenvalue weighted by Crippen LogP contribution is 2.41. The van der Waals surface area contributed by atoms with Crippen LogP contribution in [0.3, 0.4) is 0 Å². The van der Waals surface area contributed by atoms with Crippen LogP contribution in [0.1, 0.15) is 81.4 Å². The van der Waals surface area contributed by atoms with Crippen molar-refractivity contribution in [2.45, 2.75) is 64.7 Å². The SMILES string of the molecule is CCCCC1CCC(c2ccc(-c3ccc(OCC)cc3)c(C#N)c2C#N)CC1. The van der Waals surface area contributed by atoms with Gasteiger partial charge in [-0.15, -0.1) is 0 Å². The maximum absolute atomic E-state index is 9.89. The van der Waals surface area contributed by atoms with Gasteiger partial charge in [-0.1, -0.05) is 50.5 Å². The lowest BCUT2D eigenvalue weighted by Crippen LogP contribution is -2.15. The number of hydrogen-bond donors (Lipinski definition) is 0. The summed E-state index contributed by atoms with van der Waals surface area (Å²) in [6, 6.07) is 16.5. The van der Waals surface area contributed by atoms with Crippen LogP contribution in [0.15, 0.2) is 36.4 Å². The Labute approximate surface area is 174 Å². The Morgan fingerprint density at radius 2 is 1.59 bits per heavy atom. The molecule has 1 aliphatic carbocycles. The average Bonchev–Trinajstić information content (AvgIpc) is 2.77. The van der Waals surface area contributed by atoms with E-state index in [9.17, 15) is 10.5 Å². The quantitative estimate of drug-likeness (QED) is 0.517. The molecular formula is C26H30N2O. The van der Waals surface area contributed by atoms with Gasteiger partial charge in [-0.25, -0.2) is 0 Å². The first-order valence-electron chi connectivity index (χ1n) is 10.9. The lowest BCUT2D eigenvalue weighted by Gasteiger charge is -2.29. The van der Waals surface area contributed by atoms with Crippen LogP contribution in [-0.4, -0.2) is 6.61 Å². The van der Waals surface area contributed by atoms with Gasteiger partial charge < -0.3 is 4.74 Å². The summed E-state index contributed by atoms with van der Waals surface area (Å²) in [4.78, 5) is 0.